The van der Waals surface area contributed by atoms with Crippen molar-refractivity contribution in [1.82, 2.24) is 4.72 Å². The molecular weight excluding hydrogens is 465 g/mol. The van der Waals surface area contributed by atoms with Crippen LogP contribution in [-0.2, 0) is 19.9 Å². The first kappa shape index (κ1) is 23.2. The third-order valence-corrected chi connectivity index (χ3v) is 9.16. The Hall–Kier alpha value is -2.47. The predicted octanol–water partition coefficient (Wildman–Crippen LogP) is 3.40. The van der Waals surface area contributed by atoms with Crippen LogP contribution in [0.4, 0.5) is 4.39 Å². The zero-order valence-corrected chi connectivity index (χ0v) is 19.1. The Morgan fingerprint density at radius 2 is 1.58 bits per heavy atom. The SMILES string of the molecule is COc1ccc(S(=O)(=O)NC[C@@H](c2cccs2)S(=O)(=O)c2ccc(F)cc2)cc1OC. The molecule has 1 atom stereocenters. The molecule has 0 saturated heterocycles. The Labute approximate surface area is 184 Å². The predicted molar refractivity (Wildman–Crippen MR) is 115 cm³/mol. The average Bonchev–Trinajstić information content (AvgIpc) is 3.27. The van der Waals surface area contributed by atoms with Gasteiger partial charge in [-0.15, -0.1) is 11.3 Å². The van der Waals surface area contributed by atoms with Crippen LogP contribution in [0.15, 0.2) is 69.8 Å². The first-order valence-corrected chi connectivity index (χ1v) is 12.8. The van der Waals surface area contributed by atoms with Gasteiger partial charge in [-0.05, 0) is 47.8 Å². The molecule has 0 saturated carbocycles. The molecule has 0 amide bonds. The minimum Gasteiger partial charge on any atom is -0.493 e. The van der Waals surface area contributed by atoms with E-state index in [0.717, 1.165) is 24.3 Å². The van der Waals surface area contributed by atoms with Gasteiger partial charge in [0.05, 0.1) is 24.0 Å². The van der Waals surface area contributed by atoms with Gasteiger partial charge in [0.2, 0.25) is 10.0 Å². The van der Waals surface area contributed by atoms with Crippen LogP contribution in [0.25, 0.3) is 0 Å². The highest BCUT2D eigenvalue weighted by molar-refractivity contribution is 7.92. The van der Waals surface area contributed by atoms with Crippen LogP contribution < -0.4 is 14.2 Å². The molecule has 31 heavy (non-hydrogen) atoms. The van der Waals surface area contributed by atoms with Crippen molar-refractivity contribution in [2.24, 2.45) is 0 Å². The Bertz CT molecular complexity index is 1240. The smallest absolute Gasteiger partial charge is 0.240 e. The summed E-state index contributed by atoms with van der Waals surface area (Å²) in [6, 6.07) is 11.8. The second-order valence-electron chi connectivity index (χ2n) is 6.37. The number of ether oxygens (including phenoxy) is 2. The third kappa shape index (κ3) is 5.06. The van der Waals surface area contributed by atoms with E-state index in [9.17, 15) is 21.2 Å². The van der Waals surface area contributed by atoms with Gasteiger partial charge >= 0.3 is 0 Å². The summed E-state index contributed by atoms with van der Waals surface area (Å²) in [6.45, 7) is -0.406. The van der Waals surface area contributed by atoms with E-state index >= 15 is 0 Å². The van der Waals surface area contributed by atoms with Crippen molar-refractivity contribution in [3.8, 4) is 11.5 Å². The van der Waals surface area contributed by atoms with Gasteiger partial charge in [0, 0.05) is 17.5 Å². The quantitative estimate of drug-likeness (QED) is 0.467. The number of nitrogens with one attached hydrogen (secondary N) is 1. The van der Waals surface area contributed by atoms with E-state index in [1.165, 1.54) is 43.8 Å². The van der Waals surface area contributed by atoms with Crippen LogP contribution in [0, 0.1) is 5.82 Å². The first-order chi connectivity index (χ1) is 14.7. The molecule has 1 aromatic heterocycles. The molecule has 3 aromatic rings. The molecular formula is C20H20FNO6S3. The molecule has 0 aliphatic rings. The van der Waals surface area contributed by atoms with Gasteiger partial charge in [-0.1, -0.05) is 6.07 Å². The maximum atomic E-state index is 13.3. The summed E-state index contributed by atoms with van der Waals surface area (Å²) in [7, 11) is -5.25. The Balaban J connectivity index is 1.92. The Morgan fingerprint density at radius 3 is 2.16 bits per heavy atom. The van der Waals surface area contributed by atoms with Gasteiger partial charge in [0.1, 0.15) is 11.1 Å². The maximum absolute atomic E-state index is 13.3. The monoisotopic (exact) mass is 485 g/mol. The highest BCUT2D eigenvalue weighted by Crippen LogP contribution is 2.33. The fourth-order valence-corrected chi connectivity index (χ4v) is 6.83. The van der Waals surface area contributed by atoms with E-state index < -0.39 is 37.5 Å². The third-order valence-electron chi connectivity index (χ3n) is 4.50. The van der Waals surface area contributed by atoms with E-state index in [1.54, 1.807) is 17.5 Å². The summed E-state index contributed by atoms with van der Waals surface area (Å²) >= 11 is 1.19. The fourth-order valence-electron chi connectivity index (χ4n) is 2.88. The minimum atomic E-state index is -4.06. The lowest BCUT2D eigenvalue weighted by Crippen LogP contribution is -2.31. The van der Waals surface area contributed by atoms with Crippen molar-refractivity contribution in [2.75, 3.05) is 20.8 Å². The molecule has 0 aliphatic heterocycles. The van der Waals surface area contributed by atoms with Gasteiger partial charge in [-0.2, -0.15) is 0 Å². The zero-order valence-electron chi connectivity index (χ0n) is 16.6. The number of hydrogen-bond donors (Lipinski definition) is 1. The standard InChI is InChI=1S/C20H20FNO6S3/c1-27-17-10-9-16(12-18(17)28-2)31(25,26)22-13-20(19-4-3-11-29-19)30(23,24)15-7-5-14(21)6-8-15/h3-12,20,22H,13H2,1-2H3/t20-/m0/s1. The van der Waals surface area contributed by atoms with Gasteiger partial charge < -0.3 is 9.47 Å². The summed E-state index contributed by atoms with van der Waals surface area (Å²) in [5.41, 5.74) is 0. The minimum absolute atomic E-state index is 0.0994. The number of benzene rings is 2. The number of rotatable bonds is 9. The summed E-state index contributed by atoms with van der Waals surface area (Å²) < 4.78 is 77.9. The molecule has 0 radical (unpaired) electrons. The van der Waals surface area contributed by atoms with Crippen molar-refractivity contribution in [3.05, 3.63) is 70.7 Å². The molecule has 1 N–H and O–H groups in total. The van der Waals surface area contributed by atoms with Crippen LogP contribution in [0.5, 0.6) is 11.5 Å². The average molecular weight is 486 g/mol. The van der Waals surface area contributed by atoms with Crippen LogP contribution in [0.3, 0.4) is 0 Å². The van der Waals surface area contributed by atoms with Gasteiger partial charge in [-0.3, -0.25) is 0 Å². The number of thiophene rings is 1. The number of sulfonamides is 1. The molecule has 1 heterocycles. The lowest BCUT2D eigenvalue weighted by Gasteiger charge is -2.18. The lowest BCUT2D eigenvalue weighted by molar-refractivity contribution is 0.354. The van der Waals surface area contributed by atoms with E-state index in [4.69, 9.17) is 9.47 Å². The fraction of sp³-hybridized carbons (Fsp3) is 0.200. The highest BCUT2D eigenvalue weighted by atomic mass is 32.2. The number of sulfone groups is 1. The first-order valence-electron chi connectivity index (χ1n) is 8.93. The summed E-state index contributed by atoms with van der Waals surface area (Å²) in [4.78, 5) is 0.256. The summed E-state index contributed by atoms with van der Waals surface area (Å²) in [6.07, 6.45) is 0. The van der Waals surface area contributed by atoms with E-state index in [0.29, 0.717) is 10.6 Å². The van der Waals surface area contributed by atoms with Crippen LogP contribution >= 0.6 is 11.3 Å². The number of halogens is 1. The molecule has 0 bridgehead atoms. The normalized spacial score (nSPS) is 13.0. The largest absolute Gasteiger partial charge is 0.493 e. The number of methoxy groups -OCH3 is 2. The molecule has 0 unspecified atom stereocenters. The molecule has 166 valence electrons. The van der Waals surface area contributed by atoms with Gasteiger partial charge in [-0.25, -0.2) is 25.9 Å². The van der Waals surface area contributed by atoms with Crippen molar-refractivity contribution in [1.29, 1.82) is 0 Å². The zero-order chi connectivity index (χ0) is 22.6. The molecule has 0 spiro atoms. The molecule has 0 fully saturated rings. The number of hydrogen-bond acceptors (Lipinski definition) is 7. The van der Waals surface area contributed by atoms with Crippen LogP contribution in [0.2, 0.25) is 0 Å². The van der Waals surface area contributed by atoms with E-state index in [1.807, 2.05) is 0 Å². The maximum Gasteiger partial charge on any atom is 0.240 e. The lowest BCUT2D eigenvalue weighted by atomic mass is 10.3. The van der Waals surface area contributed by atoms with Crippen LogP contribution in [0.1, 0.15) is 10.1 Å². The second-order valence-corrected chi connectivity index (χ2v) is 11.2. The molecule has 11 heteroatoms. The Kier molecular flexibility index (Phi) is 6.99. The molecule has 7 nitrogen and oxygen atoms in total. The molecule has 0 aliphatic carbocycles. The van der Waals surface area contributed by atoms with E-state index in [-0.39, 0.29) is 15.5 Å². The summed E-state index contributed by atoms with van der Waals surface area (Å²) in [5, 5.41) is 0.513. The molecule has 3 rings (SSSR count). The van der Waals surface area contributed by atoms with Crippen molar-refractivity contribution in [3.63, 3.8) is 0 Å². The van der Waals surface area contributed by atoms with E-state index in [2.05, 4.69) is 4.72 Å². The second kappa shape index (κ2) is 9.35. The topological polar surface area (TPSA) is 98.8 Å². The van der Waals surface area contributed by atoms with Crippen molar-refractivity contribution < 1.29 is 30.7 Å². The molecule has 2 aromatic carbocycles. The summed E-state index contributed by atoms with van der Waals surface area (Å²) in [5.74, 6) is 0.0108. The Morgan fingerprint density at radius 1 is 0.935 bits per heavy atom. The van der Waals surface area contributed by atoms with Gasteiger partial charge in [0.15, 0.2) is 21.3 Å². The van der Waals surface area contributed by atoms with Crippen LogP contribution in [-0.4, -0.2) is 37.6 Å². The van der Waals surface area contributed by atoms with Crippen molar-refractivity contribution in [2.45, 2.75) is 15.0 Å². The van der Waals surface area contributed by atoms with Crippen molar-refractivity contribution >= 4 is 31.2 Å². The van der Waals surface area contributed by atoms with Gasteiger partial charge in [0.25, 0.3) is 0 Å². The highest BCUT2D eigenvalue weighted by Gasteiger charge is 2.32.